The van der Waals surface area contributed by atoms with E-state index in [1.54, 1.807) is 6.07 Å². The summed E-state index contributed by atoms with van der Waals surface area (Å²) in [7, 11) is 1.52. The number of halogens is 2. The standard InChI is InChI=1S/C10H8BrFN2O/c1-5-3-7(15-2)14-10-8(11)6(12)4-13-9(5)10/h3-4H,1-2H3. The largest absolute Gasteiger partial charge is 0.481 e. The summed E-state index contributed by atoms with van der Waals surface area (Å²) in [6.45, 7) is 1.88. The molecule has 0 saturated heterocycles. The molecule has 0 atom stereocenters. The third-order valence-corrected chi connectivity index (χ3v) is 2.85. The van der Waals surface area contributed by atoms with E-state index in [1.807, 2.05) is 6.92 Å². The molecule has 0 aliphatic carbocycles. The minimum absolute atomic E-state index is 0.314. The topological polar surface area (TPSA) is 35.0 Å². The van der Waals surface area contributed by atoms with Crippen molar-refractivity contribution in [2.45, 2.75) is 6.92 Å². The van der Waals surface area contributed by atoms with Gasteiger partial charge in [-0.05, 0) is 28.4 Å². The van der Waals surface area contributed by atoms with Crippen molar-refractivity contribution in [3.63, 3.8) is 0 Å². The van der Waals surface area contributed by atoms with Crippen LogP contribution in [0.3, 0.4) is 0 Å². The van der Waals surface area contributed by atoms with E-state index in [4.69, 9.17) is 4.74 Å². The zero-order chi connectivity index (χ0) is 11.0. The molecule has 15 heavy (non-hydrogen) atoms. The first-order valence-electron chi connectivity index (χ1n) is 4.29. The predicted molar refractivity (Wildman–Crippen MR) is 58.5 cm³/mol. The summed E-state index contributed by atoms with van der Waals surface area (Å²) in [5.74, 6) is 0.0238. The first-order valence-corrected chi connectivity index (χ1v) is 5.08. The van der Waals surface area contributed by atoms with E-state index < -0.39 is 5.82 Å². The van der Waals surface area contributed by atoms with Crippen molar-refractivity contribution in [1.29, 1.82) is 0 Å². The summed E-state index contributed by atoms with van der Waals surface area (Å²) in [5.41, 5.74) is 2.05. The highest BCUT2D eigenvalue weighted by Gasteiger charge is 2.10. The third kappa shape index (κ3) is 1.67. The average molecular weight is 271 g/mol. The fraction of sp³-hybridized carbons (Fsp3) is 0.200. The van der Waals surface area contributed by atoms with Crippen molar-refractivity contribution in [2.24, 2.45) is 0 Å². The highest BCUT2D eigenvalue weighted by Crippen LogP contribution is 2.27. The molecule has 0 spiro atoms. The van der Waals surface area contributed by atoms with Gasteiger partial charge in [0.25, 0.3) is 0 Å². The number of ether oxygens (including phenoxy) is 1. The van der Waals surface area contributed by atoms with Gasteiger partial charge >= 0.3 is 0 Å². The molecular weight excluding hydrogens is 263 g/mol. The Morgan fingerprint density at radius 1 is 1.40 bits per heavy atom. The number of pyridine rings is 2. The molecule has 2 aromatic rings. The predicted octanol–water partition coefficient (Wildman–Crippen LogP) is 2.85. The highest BCUT2D eigenvalue weighted by molar-refractivity contribution is 9.10. The number of methoxy groups -OCH3 is 1. The van der Waals surface area contributed by atoms with Gasteiger partial charge in [0.2, 0.25) is 5.88 Å². The monoisotopic (exact) mass is 270 g/mol. The first-order chi connectivity index (χ1) is 7.13. The summed E-state index contributed by atoms with van der Waals surface area (Å²) in [4.78, 5) is 8.14. The summed E-state index contributed by atoms with van der Waals surface area (Å²) in [5, 5.41) is 0. The van der Waals surface area contributed by atoms with Crippen LogP contribution >= 0.6 is 15.9 Å². The lowest BCUT2D eigenvalue weighted by molar-refractivity contribution is 0.399. The second-order valence-electron chi connectivity index (χ2n) is 3.10. The number of aromatic nitrogens is 2. The van der Waals surface area contributed by atoms with Gasteiger partial charge in [-0.3, -0.25) is 4.98 Å². The van der Waals surface area contributed by atoms with Crippen LogP contribution in [0.15, 0.2) is 16.7 Å². The Hall–Kier alpha value is -1.23. The van der Waals surface area contributed by atoms with Crippen molar-refractivity contribution < 1.29 is 9.13 Å². The van der Waals surface area contributed by atoms with Crippen molar-refractivity contribution in [3.8, 4) is 5.88 Å². The number of rotatable bonds is 1. The smallest absolute Gasteiger partial charge is 0.213 e. The normalized spacial score (nSPS) is 10.7. The lowest BCUT2D eigenvalue weighted by atomic mass is 10.2. The Bertz CT molecular complexity index is 530. The zero-order valence-corrected chi connectivity index (χ0v) is 9.80. The number of fused-ring (bicyclic) bond motifs is 1. The Morgan fingerprint density at radius 3 is 2.80 bits per heavy atom. The second kappa shape index (κ2) is 3.73. The van der Waals surface area contributed by atoms with Crippen LogP contribution in [-0.4, -0.2) is 17.1 Å². The summed E-state index contributed by atoms with van der Waals surface area (Å²) < 4.78 is 18.6. The molecule has 0 radical (unpaired) electrons. The molecule has 2 aromatic heterocycles. The fourth-order valence-corrected chi connectivity index (χ4v) is 1.73. The molecule has 0 saturated carbocycles. The van der Waals surface area contributed by atoms with E-state index >= 15 is 0 Å². The lowest BCUT2D eigenvalue weighted by Crippen LogP contribution is -1.94. The Labute approximate surface area is 94.4 Å². The summed E-state index contributed by atoms with van der Waals surface area (Å²) >= 11 is 3.15. The number of hydrogen-bond donors (Lipinski definition) is 0. The van der Waals surface area contributed by atoms with Crippen LogP contribution in [0.2, 0.25) is 0 Å². The first kappa shape index (κ1) is 10.3. The molecule has 0 aliphatic rings. The molecule has 2 rings (SSSR count). The fourth-order valence-electron chi connectivity index (χ4n) is 1.35. The van der Waals surface area contributed by atoms with Gasteiger partial charge in [0.1, 0.15) is 5.52 Å². The molecule has 0 aliphatic heterocycles. The van der Waals surface area contributed by atoms with E-state index in [0.717, 1.165) is 5.56 Å². The molecule has 0 N–H and O–H groups in total. The van der Waals surface area contributed by atoms with Gasteiger partial charge < -0.3 is 4.74 Å². The maximum absolute atomic E-state index is 13.2. The SMILES string of the molecule is COc1cc(C)c2ncc(F)c(Br)c2n1. The highest BCUT2D eigenvalue weighted by atomic mass is 79.9. The van der Waals surface area contributed by atoms with Gasteiger partial charge in [0, 0.05) is 6.07 Å². The molecule has 0 unspecified atom stereocenters. The number of hydrogen-bond acceptors (Lipinski definition) is 3. The van der Waals surface area contributed by atoms with Crippen LogP contribution in [0.25, 0.3) is 11.0 Å². The molecule has 0 bridgehead atoms. The maximum Gasteiger partial charge on any atom is 0.213 e. The summed E-state index contributed by atoms with van der Waals surface area (Å²) in [6.07, 6.45) is 1.17. The van der Waals surface area contributed by atoms with Gasteiger partial charge in [-0.15, -0.1) is 0 Å². The van der Waals surface area contributed by atoms with Crippen LogP contribution in [-0.2, 0) is 0 Å². The molecule has 0 fully saturated rings. The van der Waals surface area contributed by atoms with Crippen molar-refractivity contribution in [1.82, 2.24) is 9.97 Å². The van der Waals surface area contributed by atoms with Crippen molar-refractivity contribution in [3.05, 3.63) is 28.1 Å². The summed E-state index contributed by atoms with van der Waals surface area (Å²) in [6, 6.07) is 1.76. The van der Waals surface area contributed by atoms with E-state index in [9.17, 15) is 4.39 Å². The maximum atomic E-state index is 13.2. The number of aryl methyl sites for hydroxylation is 1. The van der Waals surface area contributed by atoms with Crippen molar-refractivity contribution >= 4 is 27.0 Å². The van der Waals surface area contributed by atoms with E-state index in [1.165, 1.54) is 13.3 Å². The Morgan fingerprint density at radius 2 is 2.13 bits per heavy atom. The van der Waals surface area contributed by atoms with Gasteiger partial charge in [-0.1, -0.05) is 0 Å². The van der Waals surface area contributed by atoms with Crippen LogP contribution in [0.5, 0.6) is 5.88 Å². The molecule has 2 heterocycles. The van der Waals surface area contributed by atoms with Crippen LogP contribution in [0.4, 0.5) is 4.39 Å². The third-order valence-electron chi connectivity index (χ3n) is 2.09. The van der Waals surface area contributed by atoms with Crippen LogP contribution in [0, 0.1) is 12.7 Å². The molecule has 78 valence electrons. The van der Waals surface area contributed by atoms with E-state index in [2.05, 4.69) is 25.9 Å². The molecule has 0 aromatic carbocycles. The average Bonchev–Trinajstić information content (AvgIpc) is 2.23. The zero-order valence-electron chi connectivity index (χ0n) is 8.21. The van der Waals surface area contributed by atoms with Gasteiger partial charge in [-0.2, -0.15) is 0 Å². The van der Waals surface area contributed by atoms with E-state index in [-0.39, 0.29) is 0 Å². The number of nitrogens with zero attached hydrogens (tertiary/aromatic N) is 2. The molecule has 3 nitrogen and oxygen atoms in total. The van der Waals surface area contributed by atoms with Crippen LogP contribution < -0.4 is 4.74 Å². The van der Waals surface area contributed by atoms with E-state index in [0.29, 0.717) is 21.4 Å². The molecule has 0 amide bonds. The molecular formula is C10H8BrFN2O. The second-order valence-corrected chi connectivity index (χ2v) is 3.89. The lowest BCUT2D eigenvalue weighted by Gasteiger charge is -2.06. The van der Waals surface area contributed by atoms with Gasteiger partial charge in [0.15, 0.2) is 5.82 Å². The van der Waals surface area contributed by atoms with Crippen molar-refractivity contribution in [2.75, 3.05) is 7.11 Å². The quantitative estimate of drug-likeness (QED) is 0.800. The molecule has 5 heteroatoms. The minimum atomic E-state index is -0.428. The Balaban J connectivity index is 2.86. The van der Waals surface area contributed by atoms with Gasteiger partial charge in [-0.25, -0.2) is 9.37 Å². The minimum Gasteiger partial charge on any atom is -0.481 e. The van der Waals surface area contributed by atoms with Gasteiger partial charge in [0.05, 0.1) is 23.3 Å². The Kier molecular flexibility index (Phi) is 2.56. The van der Waals surface area contributed by atoms with Crippen LogP contribution in [0.1, 0.15) is 5.56 Å².